The molecule has 3 aliphatic heterocycles. The lowest BCUT2D eigenvalue weighted by Gasteiger charge is -2.52. The summed E-state index contributed by atoms with van der Waals surface area (Å²) in [6.07, 6.45) is 1.71. The lowest BCUT2D eigenvalue weighted by molar-refractivity contribution is 0.0499. The van der Waals surface area contributed by atoms with E-state index in [1.165, 1.54) is 6.07 Å². The van der Waals surface area contributed by atoms with Crippen LogP contribution in [0.2, 0.25) is 0 Å². The first kappa shape index (κ1) is 22.6. The Kier molecular flexibility index (Phi) is 5.26. The van der Waals surface area contributed by atoms with Crippen molar-refractivity contribution < 1.29 is 13.6 Å². The average molecular weight is 470 g/mol. The third-order valence-corrected chi connectivity index (χ3v) is 6.84. The Morgan fingerprint density at radius 1 is 1.09 bits per heavy atom. The molecule has 0 N–H and O–H groups in total. The van der Waals surface area contributed by atoms with Crippen LogP contribution in [0.1, 0.15) is 44.0 Å². The lowest BCUT2D eigenvalue weighted by Crippen LogP contribution is -2.64. The molecule has 3 aromatic rings. The van der Waals surface area contributed by atoms with E-state index in [0.29, 0.717) is 25.3 Å². The molecular formula is C25H29F2N5O2. The SMILES string of the molecule is Cn1c(=O)n(CC(C)(C)C)c2ccc(N3CC4CCC3CN4C(=O)c3ccc(F)cc3F)nc21. The molecule has 3 fully saturated rings. The first-order chi connectivity index (χ1) is 16.0. The number of aryl methyl sites for hydroxylation is 1. The molecule has 1 aromatic carbocycles. The van der Waals surface area contributed by atoms with Gasteiger partial charge in [0.1, 0.15) is 17.5 Å². The van der Waals surface area contributed by atoms with E-state index in [0.717, 1.165) is 36.3 Å². The topological polar surface area (TPSA) is 63.4 Å². The first-order valence-corrected chi connectivity index (χ1v) is 11.6. The number of piperidine rings is 2. The number of amides is 1. The molecule has 0 aliphatic carbocycles. The predicted octanol–water partition coefficient (Wildman–Crippen LogP) is 3.55. The molecule has 5 heterocycles. The third-order valence-electron chi connectivity index (χ3n) is 6.84. The number of aromatic nitrogens is 3. The molecule has 34 heavy (non-hydrogen) atoms. The summed E-state index contributed by atoms with van der Waals surface area (Å²) >= 11 is 0. The van der Waals surface area contributed by atoms with Gasteiger partial charge < -0.3 is 9.80 Å². The number of anilines is 1. The van der Waals surface area contributed by atoms with Crippen LogP contribution in [0.25, 0.3) is 11.2 Å². The van der Waals surface area contributed by atoms with Gasteiger partial charge in [0.25, 0.3) is 5.91 Å². The van der Waals surface area contributed by atoms with Crippen molar-refractivity contribution in [3.05, 3.63) is 58.0 Å². The summed E-state index contributed by atoms with van der Waals surface area (Å²) in [4.78, 5) is 34.6. The van der Waals surface area contributed by atoms with Crippen molar-refractivity contribution in [3.8, 4) is 0 Å². The van der Waals surface area contributed by atoms with Gasteiger partial charge in [0.2, 0.25) is 0 Å². The smallest absolute Gasteiger partial charge is 0.330 e. The summed E-state index contributed by atoms with van der Waals surface area (Å²) in [5, 5.41) is 0. The summed E-state index contributed by atoms with van der Waals surface area (Å²) in [5.74, 6) is -1.17. The zero-order chi connectivity index (χ0) is 24.4. The Morgan fingerprint density at radius 3 is 2.47 bits per heavy atom. The quantitative estimate of drug-likeness (QED) is 0.589. The summed E-state index contributed by atoms with van der Waals surface area (Å²) < 4.78 is 30.9. The molecule has 0 radical (unpaired) electrons. The Labute approximate surface area is 196 Å². The Morgan fingerprint density at radius 2 is 1.82 bits per heavy atom. The van der Waals surface area contributed by atoms with Crippen LogP contribution in [0.3, 0.4) is 0 Å². The van der Waals surface area contributed by atoms with E-state index in [-0.39, 0.29) is 28.8 Å². The summed E-state index contributed by atoms with van der Waals surface area (Å²) in [6, 6.07) is 6.91. The molecule has 1 amide bonds. The number of halogens is 2. The molecule has 3 saturated heterocycles. The second kappa shape index (κ2) is 7.92. The van der Waals surface area contributed by atoms with Crippen molar-refractivity contribution in [2.75, 3.05) is 18.0 Å². The molecular weight excluding hydrogens is 440 g/mol. The van der Waals surface area contributed by atoms with Gasteiger partial charge in [-0.3, -0.25) is 13.9 Å². The zero-order valence-corrected chi connectivity index (χ0v) is 19.9. The first-order valence-electron chi connectivity index (χ1n) is 11.6. The number of piperazine rings is 1. The Bertz CT molecular complexity index is 1340. The lowest BCUT2D eigenvalue weighted by atomic mass is 9.90. The van der Waals surface area contributed by atoms with E-state index in [1.54, 1.807) is 21.1 Å². The number of nitrogens with zero attached hydrogens (tertiary/aromatic N) is 5. The highest BCUT2D eigenvalue weighted by Gasteiger charge is 2.42. The van der Waals surface area contributed by atoms with E-state index in [1.807, 2.05) is 12.1 Å². The summed E-state index contributed by atoms with van der Waals surface area (Å²) in [7, 11) is 1.74. The van der Waals surface area contributed by atoms with Gasteiger partial charge in [0.05, 0.1) is 11.1 Å². The van der Waals surface area contributed by atoms with Crippen LogP contribution in [0.15, 0.2) is 35.1 Å². The van der Waals surface area contributed by atoms with Crippen molar-refractivity contribution in [2.45, 2.75) is 52.2 Å². The van der Waals surface area contributed by atoms with Crippen LogP contribution in [-0.4, -0.2) is 50.1 Å². The fourth-order valence-electron chi connectivity index (χ4n) is 5.23. The van der Waals surface area contributed by atoms with Gasteiger partial charge in [-0.2, -0.15) is 0 Å². The van der Waals surface area contributed by atoms with Gasteiger partial charge in [-0.25, -0.2) is 18.6 Å². The van der Waals surface area contributed by atoms with Crippen molar-refractivity contribution in [1.82, 2.24) is 19.0 Å². The maximum absolute atomic E-state index is 14.2. The normalized spacial score (nSPS) is 20.4. The van der Waals surface area contributed by atoms with Gasteiger partial charge in [-0.15, -0.1) is 0 Å². The maximum Gasteiger partial charge on any atom is 0.330 e. The number of carbonyl (C=O) groups is 1. The van der Waals surface area contributed by atoms with Gasteiger partial charge >= 0.3 is 5.69 Å². The van der Waals surface area contributed by atoms with Crippen LogP contribution in [-0.2, 0) is 13.6 Å². The Balaban J connectivity index is 1.42. The van der Waals surface area contributed by atoms with Crippen LogP contribution in [0, 0.1) is 17.0 Å². The Hall–Kier alpha value is -3.23. The van der Waals surface area contributed by atoms with E-state index in [2.05, 4.69) is 25.7 Å². The van der Waals surface area contributed by atoms with Crippen molar-refractivity contribution in [3.63, 3.8) is 0 Å². The fraction of sp³-hybridized carbons (Fsp3) is 0.480. The van der Waals surface area contributed by atoms with E-state index in [9.17, 15) is 18.4 Å². The second-order valence-corrected chi connectivity index (χ2v) is 10.6. The number of hydrogen-bond acceptors (Lipinski definition) is 4. The van der Waals surface area contributed by atoms with E-state index >= 15 is 0 Å². The minimum Gasteiger partial charge on any atom is -0.350 e. The number of imidazole rings is 1. The minimum absolute atomic E-state index is 0.0381. The fourth-order valence-corrected chi connectivity index (χ4v) is 5.23. The van der Waals surface area contributed by atoms with Crippen LogP contribution in [0.5, 0.6) is 0 Å². The monoisotopic (exact) mass is 469 g/mol. The predicted molar refractivity (Wildman–Crippen MR) is 126 cm³/mol. The van der Waals surface area contributed by atoms with Crippen molar-refractivity contribution in [1.29, 1.82) is 0 Å². The standard InChI is InChI=1S/C25H29F2N5O2/c1-25(2,3)14-32-20-9-10-21(28-22(20)29(4)24(32)34)30-12-17-7-6-16(30)13-31(17)23(33)18-8-5-15(26)11-19(18)27/h5,8-11,16-17H,6-7,12-14H2,1-4H3. The molecule has 180 valence electrons. The zero-order valence-electron chi connectivity index (χ0n) is 19.9. The van der Waals surface area contributed by atoms with Crippen LogP contribution < -0.4 is 10.6 Å². The number of rotatable bonds is 3. The number of benzene rings is 1. The van der Waals surface area contributed by atoms with E-state index < -0.39 is 17.5 Å². The summed E-state index contributed by atoms with van der Waals surface area (Å²) in [5.41, 5.74) is 1.19. The van der Waals surface area contributed by atoms with Crippen LogP contribution in [0.4, 0.5) is 14.6 Å². The van der Waals surface area contributed by atoms with Crippen molar-refractivity contribution in [2.24, 2.45) is 12.5 Å². The highest BCUT2D eigenvalue weighted by Crippen LogP contribution is 2.34. The molecule has 0 spiro atoms. The highest BCUT2D eigenvalue weighted by atomic mass is 19.1. The highest BCUT2D eigenvalue weighted by molar-refractivity contribution is 5.95. The molecule has 2 unspecified atom stereocenters. The third kappa shape index (κ3) is 3.76. The number of pyridine rings is 1. The average Bonchev–Trinajstić information content (AvgIpc) is 3.02. The number of hydrogen-bond donors (Lipinski definition) is 0. The molecule has 3 aliphatic rings. The molecule has 7 nitrogen and oxygen atoms in total. The van der Waals surface area contributed by atoms with Crippen molar-refractivity contribution >= 4 is 22.9 Å². The molecule has 6 rings (SSSR count). The number of fused-ring (bicyclic) bond motifs is 4. The summed E-state index contributed by atoms with van der Waals surface area (Å²) in [6.45, 7) is 7.90. The molecule has 2 atom stereocenters. The van der Waals surface area contributed by atoms with Gasteiger partial charge in [0.15, 0.2) is 5.65 Å². The molecule has 2 aromatic heterocycles. The second-order valence-electron chi connectivity index (χ2n) is 10.6. The largest absolute Gasteiger partial charge is 0.350 e. The maximum atomic E-state index is 14.2. The number of carbonyl (C=O) groups excluding carboxylic acids is 1. The minimum atomic E-state index is -0.837. The van der Waals surface area contributed by atoms with Crippen LogP contribution >= 0.6 is 0 Å². The van der Waals surface area contributed by atoms with Gasteiger partial charge in [-0.05, 0) is 42.5 Å². The molecule has 9 heteroatoms. The van der Waals surface area contributed by atoms with E-state index in [4.69, 9.17) is 4.98 Å². The molecule has 0 saturated carbocycles. The van der Waals surface area contributed by atoms with Gasteiger partial charge in [-0.1, -0.05) is 20.8 Å². The van der Waals surface area contributed by atoms with Gasteiger partial charge in [0, 0.05) is 44.8 Å². The molecule has 2 bridgehead atoms.